The van der Waals surface area contributed by atoms with E-state index in [9.17, 15) is 14.4 Å². The number of hydrogen-bond acceptors (Lipinski definition) is 4. The Bertz CT molecular complexity index is 1460. The minimum Gasteiger partial charge on any atom is -0.425 e. The van der Waals surface area contributed by atoms with Crippen molar-refractivity contribution in [2.75, 3.05) is 0 Å². The minimum atomic E-state index is -0.514. The lowest BCUT2D eigenvalue weighted by Crippen LogP contribution is -2.73. The van der Waals surface area contributed by atoms with Gasteiger partial charge in [0.15, 0.2) is 0 Å². The van der Waals surface area contributed by atoms with Crippen molar-refractivity contribution < 1.29 is 14.5 Å². The maximum Gasteiger partial charge on any atom is 0.417 e. The van der Waals surface area contributed by atoms with Gasteiger partial charge in [-0.1, -0.05) is 55.5 Å². The molecule has 7 heteroatoms. The Hall–Kier alpha value is -4.00. The normalized spacial score (nSPS) is 16.2. The van der Waals surface area contributed by atoms with Crippen LogP contribution in [0.25, 0.3) is 5.76 Å². The van der Waals surface area contributed by atoms with E-state index < -0.39 is 11.6 Å². The van der Waals surface area contributed by atoms with E-state index in [2.05, 4.69) is 4.99 Å². The molecule has 0 amide bonds. The Morgan fingerprint density at radius 1 is 0.969 bits per heavy atom. The summed E-state index contributed by atoms with van der Waals surface area (Å²) < 4.78 is 8.42. The van der Waals surface area contributed by atoms with Crippen LogP contribution in [-0.2, 0) is 23.6 Å². The van der Waals surface area contributed by atoms with E-state index in [4.69, 9.17) is 4.74 Å². The van der Waals surface area contributed by atoms with Crippen molar-refractivity contribution in [1.82, 2.24) is 9.13 Å². The van der Waals surface area contributed by atoms with Gasteiger partial charge in [0.1, 0.15) is 17.0 Å². The van der Waals surface area contributed by atoms with Gasteiger partial charge in [-0.2, -0.15) is 4.57 Å². The van der Waals surface area contributed by atoms with E-state index >= 15 is 0 Å². The Labute approximate surface area is 183 Å². The second kappa shape index (κ2) is 7.30. The highest BCUT2D eigenvalue weighted by molar-refractivity contribution is 6.22. The summed E-state index contributed by atoms with van der Waals surface area (Å²) in [6.45, 7) is 1.74. The summed E-state index contributed by atoms with van der Waals surface area (Å²) in [4.78, 5) is 41.8. The zero-order valence-corrected chi connectivity index (χ0v) is 18.0. The molecule has 1 N–H and O–H groups in total. The first-order valence-electron chi connectivity index (χ1n) is 10.5. The van der Waals surface area contributed by atoms with Gasteiger partial charge in [0.25, 0.3) is 11.4 Å². The lowest BCUT2D eigenvalue weighted by Gasteiger charge is -2.24. The molecule has 1 aliphatic carbocycles. The summed E-state index contributed by atoms with van der Waals surface area (Å²) in [5.74, 6) is 0.0310. The Balaban J connectivity index is 1.94. The number of nitrogens with zero attached hydrogens (tertiary/aromatic N) is 2. The van der Waals surface area contributed by atoms with Gasteiger partial charge in [-0.3, -0.25) is 9.59 Å². The number of hydrogen-bond donors (Lipinski definition) is 1. The Kier molecular flexibility index (Phi) is 4.55. The molecule has 5 rings (SSSR count). The number of carbonyl (C=O) groups is 1. The molecule has 3 aromatic rings. The van der Waals surface area contributed by atoms with Gasteiger partial charge in [0.2, 0.25) is 0 Å². The molecule has 1 aromatic heterocycles. The van der Waals surface area contributed by atoms with Crippen molar-refractivity contribution in [2.45, 2.75) is 19.3 Å². The van der Waals surface area contributed by atoms with Gasteiger partial charge in [-0.25, -0.2) is 14.4 Å². The largest absolute Gasteiger partial charge is 0.425 e. The molecule has 0 saturated carbocycles. The van der Waals surface area contributed by atoms with Crippen molar-refractivity contribution >= 4 is 23.3 Å². The lowest BCUT2D eigenvalue weighted by atomic mass is 9.81. The molecule has 0 spiro atoms. The SMILES string of the molecule is CCC(=O)OC1=C2C(=[NH+]c3c(c(=O)n(C)c(=O)n3C)C2c2ccccc2)c2ccccc21. The highest BCUT2D eigenvalue weighted by atomic mass is 16.5. The van der Waals surface area contributed by atoms with Gasteiger partial charge < -0.3 is 4.74 Å². The predicted molar refractivity (Wildman–Crippen MR) is 120 cm³/mol. The molecule has 1 atom stereocenters. The van der Waals surface area contributed by atoms with Crippen LogP contribution in [0.1, 0.15) is 41.5 Å². The van der Waals surface area contributed by atoms with Crippen LogP contribution in [0.4, 0.5) is 5.82 Å². The van der Waals surface area contributed by atoms with E-state index in [1.807, 2.05) is 54.6 Å². The highest BCUT2D eigenvalue weighted by Crippen LogP contribution is 2.44. The van der Waals surface area contributed by atoms with Crippen LogP contribution in [0.15, 0.2) is 69.8 Å². The molecule has 0 bridgehead atoms. The summed E-state index contributed by atoms with van der Waals surface area (Å²) in [5.41, 5.74) is 3.63. The molecule has 0 saturated heterocycles. The number of fused-ring (bicyclic) bond motifs is 4. The number of aromatic nitrogens is 2. The molecular formula is C25H22N3O4+. The smallest absolute Gasteiger partial charge is 0.417 e. The van der Waals surface area contributed by atoms with Gasteiger partial charge in [0.05, 0.1) is 18.5 Å². The van der Waals surface area contributed by atoms with Gasteiger partial charge in [-0.15, -0.1) is 0 Å². The molecule has 0 fully saturated rings. The van der Waals surface area contributed by atoms with Crippen LogP contribution < -0.4 is 16.2 Å². The summed E-state index contributed by atoms with van der Waals surface area (Å²) in [6.07, 6.45) is 0.227. The standard InChI is InChI=1S/C25H21N3O4/c1-4-17(29)32-22-16-13-9-8-12-15(16)21-19(22)18(14-10-6-5-7-11-14)20-23(26-21)27(2)25(31)28(3)24(20)30/h5-13,18H,4H2,1-3H3/p+1. The van der Waals surface area contributed by atoms with E-state index in [0.29, 0.717) is 17.1 Å². The molecule has 160 valence electrons. The number of allylic oxidation sites excluding steroid dienone is 1. The Morgan fingerprint density at radius 3 is 2.31 bits per heavy atom. The van der Waals surface area contributed by atoms with Crippen LogP contribution in [0.5, 0.6) is 0 Å². The van der Waals surface area contributed by atoms with Crippen LogP contribution in [-0.4, -0.2) is 20.8 Å². The summed E-state index contributed by atoms with van der Waals surface area (Å²) in [5, 5.41) is 0. The first-order chi connectivity index (χ1) is 15.4. The van der Waals surface area contributed by atoms with Crippen molar-refractivity contribution in [3.63, 3.8) is 0 Å². The number of carbonyl (C=O) groups excluding carboxylic acids is 1. The van der Waals surface area contributed by atoms with Gasteiger partial charge >= 0.3 is 11.7 Å². The third-order valence-corrected chi connectivity index (χ3v) is 6.11. The second-order valence-corrected chi connectivity index (χ2v) is 7.93. The number of nitrogens with one attached hydrogen (secondary N) is 1. The molecular weight excluding hydrogens is 406 g/mol. The molecule has 32 heavy (non-hydrogen) atoms. The first-order valence-corrected chi connectivity index (χ1v) is 10.5. The monoisotopic (exact) mass is 428 g/mol. The van der Waals surface area contributed by atoms with E-state index in [1.165, 1.54) is 11.6 Å². The molecule has 1 unspecified atom stereocenters. The Morgan fingerprint density at radius 2 is 1.62 bits per heavy atom. The van der Waals surface area contributed by atoms with Crippen LogP contribution >= 0.6 is 0 Å². The lowest BCUT2D eigenvalue weighted by molar-refractivity contribution is -0.364. The van der Waals surface area contributed by atoms with Gasteiger partial charge in [-0.05, 0) is 11.6 Å². The average Bonchev–Trinajstić information content (AvgIpc) is 3.13. The summed E-state index contributed by atoms with van der Waals surface area (Å²) in [6, 6.07) is 17.2. The third kappa shape index (κ3) is 2.74. The number of ether oxygens (including phenoxy) is 1. The first kappa shape index (κ1) is 19.9. The van der Waals surface area contributed by atoms with Crippen molar-refractivity contribution in [3.8, 4) is 0 Å². The minimum absolute atomic E-state index is 0.227. The molecule has 2 heterocycles. The molecule has 2 aliphatic rings. The highest BCUT2D eigenvalue weighted by Gasteiger charge is 2.45. The zero-order valence-electron chi connectivity index (χ0n) is 18.0. The quantitative estimate of drug-likeness (QED) is 0.634. The maximum atomic E-state index is 13.4. The maximum absolute atomic E-state index is 13.4. The third-order valence-electron chi connectivity index (χ3n) is 6.11. The summed E-state index contributed by atoms with van der Waals surface area (Å²) >= 11 is 0. The predicted octanol–water partition coefficient (Wildman–Crippen LogP) is 1.11. The second-order valence-electron chi connectivity index (χ2n) is 7.93. The fourth-order valence-corrected chi connectivity index (χ4v) is 4.53. The number of benzene rings is 2. The van der Waals surface area contributed by atoms with Crippen LogP contribution in [0.2, 0.25) is 0 Å². The van der Waals surface area contributed by atoms with Gasteiger partial charge in [0, 0.05) is 24.6 Å². The van der Waals surface area contributed by atoms with Crippen molar-refractivity contribution in [3.05, 3.63) is 103 Å². The summed E-state index contributed by atoms with van der Waals surface area (Å²) in [7, 11) is 3.12. The molecule has 2 aromatic carbocycles. The topological polar surface area (TPSA) is 84.3 Å². The van der Waals surface area contributed by atoms with E-state index in [0.717, 1.165) is 32.5 Å². The molecule has 0 radical (unpaired) electrons. The molecule has 1 aliphatic heterocycles. The zero-order chi connectivity index (χ0) is 22.6. The van der Waals surface area contributed by atoms with Crippen LogP contribution in [0.3, 0.4) is 0 Å². The number of rotatable bonds is 3. The molecule has 7 nitrogen and oxygen atoms in total. The van der Waals surface area contributed by atoms with Crippen LogP contribution in [0, 0.1) is 0 Å². The van der Waals surface area contributed by atoms with Crippen molar-refractivity contribution in [2.24, 2.45) is 14.1 Å². The van der Waals surface area contributed by atoms with E-state index in [1.54, 1.807) is 14.0 Å². The average molecular weight is 428 g/mol. The van der Waals surface area contributed by atoms with Crippen molar-refractivity contribution in [1.29, 1.82) is 0 Å². The van der Waals surface area contributed by atoms with E-state index in [-0.39, 0.29) is 17.9 Å². The fourth-order valence-electron chi connectivity index (χ4n) is 4.53. The fraction of sp³-hybridized carbons (Fsp3) is 0.200. The number of esters is 1.